The molecule has 21 heavy (non-hydrogen) atoms. The first kappa shape index (κ1) is 16.2. The van der Waals surface area contributed by atoms with Crippen molar-refractivity contribution in [2.45, 2.75) is 30.8 Å². The van der Waals surface area contributed by atoms with Crippen molar-refractivity contribution in [3.63, 3.8) is 0 Å². The Balaban J connectivity index is 2.21. The van der Waals surface area contributed by atoms with Crippen LogP contribution in [0, 0.1) is 0 Å². The molecule has 0 radical (unpaired) electrons. The Bertz CT molecular complexity index is 648. The number of sulfonamides is 1. The van der Waals surface area contributed by atoms with Crippen LogP contribution in [-0.2, 0) is 21.4 Å². The van der Waals surface area contributed by atoms with Gasteiger partial charge in [-0.3, -0.25) is 4.79 Å². The zero-order chi connectivity index (χ0) is 15.6. The first-order chi connectivity index (χ1) is 9.84. The minimum atomic E-state index is -3.65. The monoisotopic (exact) mass is 331 g/mol. The van der Waals surface area contributed by atoms with E-state index in [1.807, 2.05) is 0 Å². The second-order valence-corrected chi connectivity index (χ2v) is 7.33. The van der Waals surface area contributed by atoms with Crippen molar-refractivity contribution in [1.82, 2.24) is 9.62 Å². The molecule has 3 N–H and O–H groups in total. The molecule has 1 heterocycles. The van der Waals surface area contributed by atoms with Crippen molar-refractivity contribution >= 4 is 27.5 Å². The largest absolute Gasteiger partial charge is 0.352 e. The van der Waals surface area contributed by atoms with Gasteiger partial charge >= 0.3 is 0 Å². The number of nitrogens with one attached hydrogen (secondary N) is 1. The van der Waals surface area contributed by atoms with Gasteiger partial charge in [0.2, 0.25) is 15.9 Å². The summed E-state index contributed by atoms with van der Waals surface area (Å²) < 4.78 is 26.5. The second-order valence-electron chi connectivity index (χ2n) is 5.02. The lowest BCUT2D eigenvalue weighted by molar-refractivity contribution is -0.119. The van der Waals surface area contributed by atoms with Gasteiger partial charge in [-0.05, 0) is 24.1 Å². The third-order valence-corrected chi connectivity index (χ3v) is 5.76. The fourth-order valence-electron chi connectivity index (χ4n) is 2.37. The summed E-state index contributed by atoms with van der Waals surface area (Å²) in [5.41, 5.74) is 6.28. The number of hydrogen-bond donors (Lipinski definition) is 2. The summed E-state index contributed by atoms with van der Waals surface area (Å²) in [4.78, 5) is 11.1. The van der Waals surface area contributed by atoms with E-state index in [2.05, 4.69) is 5.32 Å². The molecule has 0 aliphatic carbocycles. The number of carbonyl (C=O) groups excluding carboxylic acids is 1. The zero-order valence-corrected chi connectivity index (χ0v) is 13.2. The molecule has 1 aliphatic rings. The Morgan fingerprint density at radius 1 is 1.52 bits per heavy atom. The summed E-state index contributed by atoms with van der Waals surface area (Å²) >= 11 is 6.06. The fourth-order valence-corrected chi connectivity index (χ4v) is 4.41. The number of halogens is 1. The van der Waals surface area contributed by atoms with Crippen LogP contribution < -0.4 is 11.1 Å². The van der Waals surface area contributed by atoms with Crippen molar-refractivity contribution in [3.8, 4) is 0 Å². The summed E-state index contributed by atoms with van der Waals surface area (Å²) in [6, 6.07) is 4.54. The number of nitrogens with two attached hydrogens (primary N) is 1. The van der Waals surface area contributed by atoms with Crippen molar-refractivity contribution in [2.75, 3.05) is 13.1 Å². The van der Waals surface area contributed by atoms with Gasteiger partial charge in [-0.2, -0.15) is 4.31 Å². The second kappa shape index (κ2) is 6.31. The Hall–Kier alpha value is -1.15. The Kier molecular flexibility index (Phi) is 4.88. The summed E-state index contributed by atoms with van der Waals surface area (Å²) in [6.07, 6.45) is 0.595. The molecule has 0 saturated carbocycles. The number of amides is 1. The maximum absolute atomic E-state index is 12.6. The highest BCUT2D eigenvalue weighted by Gasteiger charge is 2.33. The first-order valence-corrected chi connectivity index (χ1v) is 8.42. The lowest BCUT2D eigenvalue weighted by atomic mass is 10.2. The van der Waals surface area contributed by atoms with Gasteiger partial charge in [0.05, 0.1) is 5.02 Å². The molecule has 1 fully saturated rings. The van der Waals surface area contributed by atoms with E-state index in [4.69, 9.17) is 17.3 Å². The Morgan fingerprint density at radius 2 is 2.24 bits per heavy atom. The van der Waals surface area contributed by atoms with Crippen LogP contribution in [0.5, 0.6) is 0 Å². The van der Waals surface area contributed by atoms with Gasteiger partial charge in [0.25, 0.3) is 0 Å². The minimum Gasteiger partial charge on any atom is -0.352 e. The number of nitrogens with zero attached hydrogens (tertiary/aromatic N) is 1. The van der Waals surface area contributed by atoms with E-state index < -0.39 is 10.0 Å². The van der Waals surface area contributed by atoms with E-state index in [0.29, 0.717) is 19.5 Å². The fraction of sp³-hybridized carbons (Fsp3) is 0.462. The van der Waals surface area contributed by atoms with Crippen LogP contribution in [-0.4, -0.2) is 37.8 Å². The SMILES string of the molecule is CC(=O)NC1CCN(S(=O)(=O)c2ccc(CN)cc2Cl)C1. The van der Waals surface area contributed by atoms with Gasteiger partial charge in [-0.1, -0.05) is 17.7 Å². The topological polar surface area (TPSA) is 92.5 Å². The molecule has 1 unspecified atom stereocenters. The highest BCUT2D eigenvalue weighted by atomic mass is 35.5. The Labute approximate surface area is 129 Å². The van der Waals surface area contributed by atoms with Crippen molar-refractivity contribution in [2.24, 2.45) is 5.73 Å². The first-order valence-electron chi connectivity index (χ1n) is 6.60. The maximum Gasteiger partial charge on any atom is 0.244 e. The molecule has 6 nitrogen and oxygen atoms in total. The lowest BCUT2D eigenvalue weighted by Gasteiger charge is -2.18. The number of rotatable bonds is 4. The Morgan fingerprint density at radius 3 is 2.81 bits per heavy atom. The summed E-state index contributed by atoms with van der Waals surface area (Å²) in [5.74, 6) is -0.162. The van der Waals surface area contributed by atoms with E-state index >= 15 is 0 Å². The smallest absolute Gasteiger partial charge is 0.244 e. The number of carbonyl (C=O) groups is 1. The molecule has 2 rings (SSSR count). The average Bonchev–Trinajstić information content (AvgIpc) is 2.86. The van der Waals surface area contributed by atoms with E-state index in [1.165, 1.54) is 17.3 Å². The molecular formula is C13H18ClN3O3S. The van der Waals surface area contributed by atoms with E-state index in [9.17, 15) is 13.2 Å². The van der Waals surface area contributed by atoms with Gasteiger partial charge < -0.3 is 11.1 Å². The molecule has 1 saturated heterocycles. The summed E-state index contributed by atoms with van der Waals surface area (Å²) in [7, 11) is -3.65. The van der Waals surface area contributed by atoms with Gasteiger partial charge in [0.1, 0.15) is 4.90 Å². The zero-order valence-electron chi connectivity index (χ0n) is 11.7. The van der Waals surface area contributed by atoms with Gasteiger partial charge in [-0.25, -0.2) is 8.42 Å². The number of benzene rings is 1. The van der Waals surface area contributed by atoms with Crippen molar-refractivity contribution in [3.05, 3.63) is 28.8 Å². The molecule has 1 atom stereocenters. The maximum atomic E-state index is 12.6. The van der Waals surface area contributed by atoms with Crippen LogP contribution in [0.25, 0.3) is 0 Å². The van der Waals surface area contributed by atoms with Crippen LogP contribution in [0.3, 0.4) is 0 Å². The molecule has 1 aromatic rings. The van der Waals surface area contributed by atoms with Crippen LogP contribution >= 0.6 is 11.6 Å². The quantitative estimate of drug-likeness (QED) is 0.849. The third-order valence-electron chi connectivity index (χ3n) is 3.41. The van der Waals surface area contributed by atoms with Crippen LogP contribution in [0.15, 0.2) is 23.1 Å². The molecule has 116 valence electrons. The molecule has 1 aromatic carbocycles. The van der Waals surface area contributed by atoms with E-state index in [-0.39, 0.29) is 28.4 Å². The highest BCUT2D eigenvalue weighted by Crippen LogP contribution is 2.28. The third kappa shape index (κ3) is 3.55. The standard InChI is InChI=1S/C13H18ClN3O3S/c1-9(18)16-11-4-5-17(8-11)21(19,20)13-3-2-10(7-15)6-12(13)14/h2-3,6,11H,4-5,7-8,15H2,1H3,(H,16,18). The predicted octanol–water partition coefficient (Wildman–Crippen LogP) is 0.698. The van der Waals surface area contributed by atoms with E-state index in [0.717, 1.165) is 5.56 Å². The molecular weight excluding hydrogens is 314 g/mol. The van der Waals surface area contributed by atoms with Gasteiger partial charge in [-0.15, -0.1) is 0 Å². The molecule has 0 aromatic heterocycles. The molecule has 1 aliphatic heterocycles. The molecule has 0 spiro atoms. The molecule has 0 bridgehead atoms. The minimum absolute atomic E-state index is 0.0739. The lowest BCUT2D eigenvalue weighted by Crippen LogP contribution is -2.37. The summed E-state index contributed by atoms with van der Waals surface area (Å²) in [6.45, 7) is 2.34. The van der Waals surface area contributed by atoms with Crippen LogP contribution in [0.2, 0.25) is 5.02 Å². The normalized spacial score (nSPS) is 19.7. The highest BCUT2D eigenvalue weighted by molar-refractivity contribution is 7.89. The molecule has 1 amide bonds. The van der Waals surface area contributed by atoms with E-state index in [1.54, 1.807) is 12.1 Å². The summed E-state index contributed by atoms with van der Waals surface area (Å²) in [5, 5.41) is 2.90. The van der Waals surface area contributed by atoms with Crippen LogP contribution in [0.1, 0.15) is 18.9 Å². The predicted molar refractivity (Wildman–Crippen MR) is 80.3 cm³/mol. The van der Waals surface area contributed by atoms with Crippen molar-refractivity contribution < 1.29 is 13.2 Å². The van der Waals surface area contributed by atoms with Gasteiger partial charge in [0.15, 0.2) is 0 Å². The molecule has 8 heteroatoms. The van der Waals surface area contributed by atoms with Crippen molar-refractivity contribution in [1.29, 1.82) is 0 Å². The van der Waals surface area contributed by atoms with Crippen LogP contribution in [0.4, 0.5) is 0 Å². The van der Waals surface area contributed by atoms with Gasteiger partial charge in [0, 0.05) is 32.6 Å². The average molecular weight is 332 g/mol. The number of hydrogen-bond acceptors (Lipinski definition) is 4.